The first-order chi connectivity index (χ1) is 16.7. The highest BCUT2D eigenvalue weighted by atomic mass is 127. The molecule has 0 aliphatic carbocycles. The van der Waals surface area contributed by atoms with Gasteiger partial charge in [-0.2, -0.15) is 0 Å². The van der Waals surface area contributed by atoms with E-state index in [2.05, 4.69) is 63.3 Å². The molecule has 0 saturated carbocycles. The fraction of sp³-hybridized carbons (Fsp3) is 0.360. The first-order valence-corrected chi connectivity index (χ1v) is 13.3. The lowest BCUT2D eigenvalue weighted by atomic mass is 10.0. The van der Waals surface area contributed by atoms with E-state index >= 15 is 0 Å². The number of carbonyl (C=O) groups is 2. The molecule has 2 amide bonds. The fourth-order valence-corrected chi connectivity index (χ4v) is 4.70. The minimum atomic E-state index is -0.247. The number of rotatable bonds is 10. The maximum absolute atomic E-state index is 12.6. The van der Waals surface area contributed by atoms with Crippen LogP contribution >= 0.6 is 34.4 Å². The van der Waals surface area contributed by atoms with Crippen LogP contribution in [0.3, 0.4) is 0 Å². The standard InChI is InChI=1S/C25H30IN5O3S/c1-15(2)19-11-18(26)9-10-20(19)28-23(33)14-35-25-30-29-21(31(25)5)12-27-22(32)13-34-24-16(3)7-6-8-17(24)4/h6-11,15H,12-14H2,1-5H3,(H,27,32)(H,28,33). The molecule has 0 radical (unpaired) electrons. The number of halogens is 1. The Balaban J connectivity index is 1.49. The Kier molecular flexibility index (Phi) is 9.55. The number of nitrogens with zero attached hydrogens (tertiary/aromatic N) is 3. The van der Waals surface area contributed by atoms with E-state index in [1.807, 2.05) is 51.2 Å². The van der Waals surface area contributed by atoms with Gasteiger partial charge in [0.25, 0.3) is 5.91 Å². The number of ether oxygens (including phenoxy) is 1. The summed E-state index contributed by atoms with van der Waals surface area (Å²) in [4.78, 5) is 24.8. The van der Waals surface area contributed by atoms with Gasteiger partial charge in [0, 0.05) is 16.3 Å². The van der Waals surface area contributed by atoms with Crippen LogP contribution in [0.5, 0.6) is 5.75 Å². The second-order valence-corrected chi connectivity index (χ2v) is 10.7. The van der Waals surface area contributed by atoms with Crippen molar-refractivity contribution in [3.63, 3.8) is 0 Å². The zero-order chi connectivity index (χ0) is 25.5. The summed E-state index contributed by atoms with van der Waals surface area (Å²) < 4.78 is 8.60. The smallest absolute Gasteiger partial charge is 0.258 e. The zero-order valence-electron chi connectivity index (χ0n) is 20.5. The molecule has 2 N–H and O–H groups in total. The van der Waals surface area contributed by atoms with Crippen LogP contribution < -0.4 is 15.4 Å². The molecule has 1 heterocycles. The van der Waals surface area contributed by atoms with Gasteiger partial charge >= 0.3 is 0 Å². The van der Waals surface area contributed by atoms with Gasteiger partial charge in [-0.05, 0) is 77.2 Å². The van der Waals surface area contributed by atoms with Crippen molar-refractivity contribution < 1.29 is 14.3 Å². The van der Waals surface area contributed by atoms with Crippen LogP contribution in [0, 0.1) is 17.4 Å². The average molecular weight is 608 g/mol. The van der Waals surface area contributed by atoms with Crippen molar-refractivity contribution in [3.05, 3.63) is 62.5 Å². The highest BCUT2D eigenvalue weighted by Gasteiger charge is 2.15. The summed E-state index contributed by atoms with van der Waals surface area (Å²) in [5.74, 6) is 1.46. The van der Waals surface area contributed by atoms with Gasteiger partial charge in [-0.1, -0.05) is 43.8 Å². The molecular weight excluding hydrogens is 577 g/mol. The van der Waals surface area contributed by atoms with E-state index in [0.717, 1.165) is 31.7 Å². The van der Waals surface area contributed by atoms with Crippen LogP contribution in [0.25, 0.3) is 0 Å². The SMILES string of the molecule is Cc1cccc(C)c1OCC(=O)NCc1nnc(SCC(=O)Nc2ccc(I)cc2C(C)C)n1C. The molecule has 0 spiro atoms. The van der Waals surface area contributed by atoms with Gasteiger partial charge in [-0.25, -0.2) is 0 Å². The molecule has 0 aliphatic heterocycles. The summed E-state index contributed by atoms with van der Waals surface area (Å²) in [6.45, 7) is 8.23. The van der Waals surface area contributed by atoms with E-state index < -0.39 is 0 Å². The van der Waals surface area contributed by atoms with Crippen molar-refractivity contribution in [2.24, 2.45) is 7.05 Å². The largest absolute Gasteiger partial charge is 0.483 e. The Labute approximate surface area is 223 Å². The fourth-order valence-electron chi connectivity index (χ4n) is 3.46. The molecule has 35 heavy (non-hydrogen) atoms. The third-order valence-electron chi connectivity index (χ3n) is 5.37. The van der Waals surface area contributed by atoms with Crippen molar-refractivity contribution >= 4 is 51.9 Å². The highest BCUT2D eigenvalue weighted by molar-refractivity contribution is 14.1. The third kappa shape index (κ3) is 7.44. The molecule has 0 unspecified atom stereocenters. The van der Waals surface area contributed by atoms with E-state index in [1.54, 1.807) is 4.57 Å². The van der Waals surface area contributed by atoms with E-state index in [-0.39, 0.29) is 30.7 Å². The van der Waals surface area contributed by atoms with Crippen molar-refractivity contribution in [2.45, 2.75) is 45.3 Å². The van der Waals surface area contributed by atoms with Gasteiger partial charge in [0.2, 0.25) is 5.91 Å². The number of hydrogen-bond donors (Lipinski definition) is 2. The molecule has 3 rings (SSSR count). The van der Waals surface area contributed by atoms with Crippen molar-refractivity contribution in [1.82, 2.24) is 20.1 Å². The van der Waals surface area contributed by atoms with E-state index in [4.69, 9.17) is 4.74 Å². The molecule has 3 aromatic rings. The quantitative estimate of drug-likeness (QED) is 0.259. The normalized spacial score (nSPS) is 10.9. The Morgan fingerprint density at radius 2 is 1.83 bits per heavy atom. The van der Waals surface area contributed by atoms with Crippen LogP contribution in [-0.2, 0) is 23.2 Å². The Hall–Kier alpha value is -2.60. The molecule has 0 atom stereocenters. The van der Waals surface area contributed by atoms with Crippen LogP contribution in [0.2, 0.25) is 0 Å². The summed E-state index contributed by atoms with van der Waals surface area (Å²) in [6.07, 6.45) is 0. The molecule has 0 bridgehead atoms. The van der Waals surface area contributed by atoms with E-state index in [9.17, 15) is 9.59 Å². The summed E-state index contributed by atoms with van der Waals surface area (Å²) >= 11 is 3.57. The lowest BCUT2D eigenvalue weighted by Crippen LogP contribution is -2.29. The van der Waals surface area contributed by atoms with Gasteiger partial charge < -0.3 is 19.9 Å². The van der Waals surface area contributed by atoms with Gasteiger partial charge in [-0.15, -0.1) is 10.2 Å². The molecule has 10 heteroatoms. The lowest BCUT2D eigenvalue weighted by Gasteiger charge is -2.14. The molecule has 0 saturated heterocycles. The van der Waals surface area contributed by atoms with Crippen LogP contribution in [0.15, 0.2) is 41.6 Å². The molecule has 2 aromatic carbocycles. The number of para-hydroxylation sites is 1. The number of carbonyl (C=O) groups excluding carboxylic acids is 2. The first-order valence-electron chi connectivity index (χ1n) is 11.2. The van der Waals surface area contributed by atoms with E-state index in [0.29, 0.717) is 16.9 Å². The van der Waals surface area contributed by atoms with Crippen molar-refractivity contribution in [3.8, 4) is 5.75 Å². The minimum absolute atomic E-state index is 0.0811. The predicted octanol–water partition coefficient (Wildman–Crippen LogP) is 4.59. The Morgan fingerprint density at radius 3 is 2.51 bits per heavy atom. The first kappa shape index (κ1) is 27.0. The van der Waals surface area contributed by atoms with E-state index in [1.165, 1.54) is 11.8 Å². The van der Waals surface area contributed by atoms with Gasteiger partial charge in [0.1, 0.15) is 5.75 Å². The molecular formula is C25H30IN5O3S. The van der Waals surface area contributed by atoms with Crippen LogP contribution in [-0.4, -0.2) is 38.9 Å². The van der Waals surface area contributed by atoms with Gasteiger partial charge in [-0.3, -0.25) is 9.59 Å². The number of aryl methyl sites for hydroxylation is 2. The third-order valence-corrected chi connectivity index (χ3v) is 7.06. The summed E-state index contributed by atoms with van der Waals surface area (Å²) in [5, 5.41) is 14.7. The van der Waals surface area contributed by atoms with Crippen molar-refractivity contribution in [1.29, 1.82) is 0 Å². The monoisotopic (exact) mass is 607 g/mol. The maximum Gasteiger partial charge on any atom is 0.258 e. The van der Waals surface area contributed by atoms with Crippen LogP contribution in [0.1, 0.15) is 42.3 Å². The average Bonchev–Trinajstić information content (AvgIpc) is 3.16. The number of nitrogens with one attached hydrogen (secondary N) is 2. The maximum atomic E-state index is 12.6. The number of thioether (sulfide) groups is 1. The molecule has 1 aromatic heterocycles. The van der Waals surface area contributed by atoms with Crippen molar-refractivity contribution in [2.75, 3.05) is 17.7 Å². The Morgan fingerprint density at radius 1 is 1.11 bits per heavy atom. The minimum Gasteiger partial charge on any atom is -0.483 e. The zero-order valence-corrected chi connectivity index (χ0v) is 23.5. The number of amides is 2. The highest BCUT2D eigenvalue weighted by Crippen LogP contribution is 2.27. The number of anilines is 1. The second kappa shape index (κ2) is 12.4. The summed E-state index contributed by atoms with van der Waals surface area (Å²) in [5.41, 5.74) is 3.91. The molecule has 186 valence electrons. The second-order valence-electron chi connectivity index (χ2n) is 8.47. The summed E-state index contributed by atoms with van der Waals surface area (Å²) in [6, 6.07) is 11.9. The number of aromatic nitrogens is 3. The lowest BCUT2D eigenvalue weighted by molar-refractivity contribution is -0.123. The predicted molar refractivity (Wildman–Crippen MR) is 147 cm³/mol. The molecule has 0 fully saturated rings. The topological polar surface area (TPSA) is 98.1 Å². The number of hydrogen-bond acceptors (Lipinski definition) is 6. The number of benzene rings is 2. The van der Waals surface area contributed by atoms with Gasteiger partial charge in [0.05, 0.1) is 12.3 Å². The Bertz CT molecular complexity index is 1190. The molecule has 0 aliphatic rings. The molecule has 8 nitrogen and oxygen atoms in total. The van der Waals surface area contributed by atoms with Gasteiger partial charge in [0.15, 0.2) is 17.6 Å². The van der Waals surface area contributed by atoms with Crippen LogP contribution in [0.4, 0.5) is 5.69 Å². The summed E-state index contributed by atoms with van der Waals surface area (Å²) in [7, 11) is 1.81.